The number of carbonyl (C=O) groups is 3. The van der Waals surface area contributed by atoms with Crippen LogP contribution in [0.15, 0.2) is 24.3 Å². The predicted molar refractivity (Wildman–Crippen MR) is 74.1 cm³/mol. The zero-order valence-electron chi connectivity index (χ0n) is 11.4. The Hall–Kier alpha value is -2.88. The number of imide groups is 1. The lowest BCUT2D eigenvalue weighted by atomic mass is 10.1. The first-order chi connectivity index (χ1) is 10.0. The van der Waals surface area contributed by atoms with Crippen LogP contribution in [0.5, 0.6) is 0 Å². The summed E-state index contributed by atoms with van der Waals surface area (Å²) in [5.41, 5.74) is 0.972. The quantitative estimate of drug-likeness (QED) is 0.786. The SMILES string of the molecule is CCC1C(=O)NC(=O)CN1C(=O)Nc1ccc(C#N)cc1. The van der Waals surface area contributed by atoms with E-state index in [1.54, 1.807) is 31.2 Å². The van der Waals surface area contributed by atoms with Crippen molar-refractivity contribution < 1.29 is 14.4 Å². The number of rotatable bonds is 2. The van der Waals surface area contributed by atoms with Crippen molar-refractivity contribution in [2.45, 2.75) is 19.4 Å². The van der Waals surface area contributed by atoms with Crippen molar-refractivity contribution in [2.24, 2.45) is 0 Å². The van der Waals surface area contributed by atoms with Crippen LogP contribution in [0.1, 0.15) is 18.9 Å². The van der Waals surface area contributed by atoms with Gasteiger partial charge in [0, 0.05) is 5.69 Å². The van der Waals surface area contributed by atoms with Gasteiger partial charge in [0.15, 0.2) is 0 Å². The molecule has 1 fully saturated rings. The van der Waals surface area contributed by atoms with E-state index in [0.29, 0.717) is 17.7 Å². The molecular formula is C14H14N4O3. The van der Waals surface area contributed by atoms with Crippen molar-refractivity contribution in [1.82, 2.24) is 10.2 Å². The number of amides is 4. The Morgan fingerprint density at radius 1 is 1.43 bits per heavy atom. The van der Waals surface area contributed by atoms with E-state index in [0.717, 1.165) is 0 Å². The lowest BCUT2D eigenvalue weighted by Gasteiger charge is -2.33. The highest BCUT2D eigenvalue weighted by Crippen LogP contribution is 2.14. The zero-order chi connectivity index (χ0) is 15.4. The molecule has 0 aliphatic carbocycles. The van der Waals surface area contributed by atoms with E-state index < -0.39 is 23.9 Å². The number of hydrogen-bond donors (Lipinski definition) is 2. The molecule has 2 N–H and O–H groups in total. The molecule has 1 heterocycles. The molecule has 4 amide bonds. The topological polar surface area (TPSA) is 102 Å². The summed E-state index contributed by atoms with van der Waals surface area (Å²) in [6.45, 7) is 1.61. The number of urea groups is 1. The highest BCUT2D eigenvalue weighted by molar-refractivity contribution is 6.05. The Kier molecular flexibility index (Phi) is 4.18. The molecule has 21 heavy (non-hydrogen) atoms. The maximum atomic E-state index is 12.2. The number of carbonyl (C=O) groups excluding carboxylic acids is 3. The minimum Gasteiger partial charge on any atom is -0.308 e. The van der Waals surface area contributed by atoms with Crippen molar-refractivity contribution in [3.05, 3.63) is 29.8 Å². The molecule has 0 saturated carbocycles. The molecule has 1 saturated heterocycles. The Balaban J connectivity index is 2.12. The predicted octanol–water partition coefficient (Wildman–Crippen LogP) is 0.827. The second-order valence-electron chi connectivity index (χ2n) is 4.58. The third kappa shape index (κ3) is 3.17. The molecule has 0 bridgehead atoms. The van der Waals surface area contributed by atoms with Crippen LogP contribution in [-0.4, -0.2) is 35.3 Å². The fourth-order valence-electron chi connectivity index (χ4n) is 2.11. The average molecular weight is 286 g/mol. The van der Waals surface area contributed by atoms with E-state index in [1.807, 2.05) is 6.07 Å². The molecule has 1 aromatic carbocycles. The summed E-state index contributed by atoms with van der Waals surface area (Å²) in [7, 11) is 0. The van der Waals surface area contributed by atoms with Crippen LogP contribution in [0.3, 0.4) is 0 Å². The molecule has 0 aromatic heterocycles. The highest BCUT2D eigenvalue weighted by atomic mass is 16.2. The lowest BCUT2D eigenvalue weighted by Crippen LogP contribution is -2.60. The first-order valence-electron chi connectivity index (χ1n) is 6.46. The summed E-state index contributed by atoms with van der Waals surface area (Å²) < 4.78 is 0. The second kappa shape index (κ2) is 6.05. The van der Waals surface area contributed by atoms with Crippen LogP contribution in [-0.2, 0) is 9.59 Å². The van der Waals surface area contributed by atoms with E-state index in [1.165, 1.54) is 4.90 Å². The van der Waals surface area contributed by atoms with Crippen molar-refractivity contribution in [1.29, 1.82) is 5.26 Å². The van der Waals surface area contributed by atoms with Gasteiger partial charge in [-0.2, -0.15) is 5.26 Å². The summed E-state index contributed by atoms with van der Waals surface area (Å²) >= 11 is 0. The molecule has 7 heteroatoms. The molecule has 7 nitrogen and oxygen atoms in total. The monoisotopic (exact) mass is 286 g/mol. The standard InChI is InChI=1S/C14H14N4O3/c1-2-11-13(20)17-12(19)8-18(11)14(21)16-10-5-3-9(7-15)4-6-10/h3-6,11H,2,8H2,1H3,(H,16,21)(H,17,19,20). The number of nitrogens with one attached hydrogen (secondary N) is 2. The molecule has 2 rings (SSSR count). The normalized spacial score (nSPS) is 17.9. The highest BCUT2D eigenvalue weighted by Gasteiger charge is 2.35. The fraction of sp³-hybridized carbons (Fsp3) is 0.286. The van der Waals surface area contributed by atoms with E-state index in [9.17, 15) is 14.4 Å². The van der Waals surface area contributed by atoms with Crippen LogP contribution >= 0.6 is 0 Å². The van der Waals surface area contributed by atoms with Crippen LogP contribution < -0.4 is 10.6 Å². The number of hydrogen-bond acceptors (Lipinski definition) is 4. The maximum Gasteiger partial charge on any atom is 0.323 e. The van der Waals surface area contributed by atoms with Gasteiger partial charge in [-0.25, -0.2) is 4.79 Å². The van der Waals surface area contributed by atoms with Gasteiger partial charge in [-0.05, 0) is 30.7 Å². The summed E-state index contributed by atoms with van der Waals surface area (Å²) in [5, 5.41) is 13.5. The largest absolute Gasteiger partial charge is 0.323 e. The Bertz CT molecular complexity index is 618. The molecule has 1 aliphatic rings. The van der Waals surface area contributed by atoms with Gasteiger partial charge in [0.1, 0.15) is 12.6 Å². The molecule has 1 atom stereocenters. The van der Waals surface area contributed by atoms with Crippen LogP contribution in [0, 0.1) is 11.3 Å². The molecule has 1 aliphatic heterocycles. The zero-order valence-corrected chi connectivity index (χ0v) is 11.4. The van der Waals surface area contributed by atoms with E-state index in [-0.39, 0.29) is 6.54 Å². The van der Waals surface area contributed by atoms with Gasteiger partial charge >= 0.3 is 6.03 Å². The van der Waals surface area contributed by atoms with Gasteiger partial charge in [-0.15, -0.1) is 0 Å². The first-order valence-corrected chi connectivity index (χ1v) is 6.46. The summed E-state index contributed by atoms with van der Waals surface area (Å²) in [6, 6.07) is 7.11. The maximum absolute atomic E-state index is 12.2. The number of piperazine rings is 1. The van der Waals surface area contributed by atoms with Gasteiger partial charge < -0.3 is 10.2 Å². The number of benzene rings is 1. The van der Waals surface area contributed by atoms with Crippen LogP contribution in [0.25, 0.3) is 0 Å². The summed E-state index contributed by atoms with van der Waals surface area (Å²) in [5.74, 6) is -0.969. The molecule has 1 unspecified atom stereocenters. The van der Waals surface area contributed by atoms with Gasteiger partial charge in [0.2, 0.25) is 11.8 Å². The van der Waals surface area contributed by atoms with Gasteiger partial charge in [-0.3, -0.25) is 14.9 Å². The Morgan fingerprint density at radius 2 is 2.10 bits per heavy atom. The average Bonchev–Trinajstić information content (AvgIpc) is 2.47. The van der Waals surface area contributed by atoms with Crippen molar-refractivity contribution >= 4 is 23.5 Å². The third-order valence-corrected chi connectivity index (χ3v) is 3.17. The smallest absolute Gasteiger partial charge is 0.308 e. The van der Waals surface area contributed by atoms with Crippen LogP contribution in [0.4, 0.5) is 10.5 Å². The fourth-order valence-corrected chi connectivity index (χ4v) is 2.11. The minimum atomic E-state index is -0.666. The number of nitrogens with zero attached hydrogens (tertiary/aromatic N) is 2. The van der Waals surface area contributed by atoms with Crippen molar-refractivity contribution in [3.63, 3.8) is 0 Å². The number of nitriles is 1. The van der Waals surface area contributed by atoms with Gasteiger partial charge in [0.05, 0.1) is 11.6 Å². The van der Waals surface area contributed by atoms with Crippen LogP contribution in [0.2, 0.25) is 0 Å². The molecule has 108 valence electrons. The number of anilines is 1. The summed E-state index contributed by atoms with van der Waals surface area (Å²) in [4.78, 5) is 36.5. The second-order valence-corrected chi connectivity index (χ2v) is 4.58. The lowest BCUT2D eigenvalue weighted by molar-refractivity contribution is -0.138. The molecule has 0 spiro atoms. The summed E-state index contributed by atoms with van der Waals surface area (Å²) in [6.07, 6.45) is 0.417. The minimum absolute atomic E-state index is 0.160. The van der Waals surface area contributed by atoms with Gasteiger partial charge in [-0.1, -0.05) is 6.92 Å². The molecule has 0 radical (unpaired) electrons. The first kappa shape index (κ1) is 14.5. The van der Waals surface area contributed by atoms with E-state index in [4.69, 9.17) is 5.26 Å². The van der Waals surface area contributed by atoms with Gasteiger partial charge in [0.25, 0.3) is 0 Å². The van der Waals surface area contributed by atoms with E-state index >= 15 is 0 Å². The van der Waals surface area contributed by atoms with Crippen molar-refractivity contribution in [3.8, 4) is 6.07 Å². The molecule has 1 aromatic rings. The Morgan fingerprint density at radius 3 is 2.67 bits per heavy atom. The van der Waals surface area contributed by atoms with Crippen molar-refractivity contribution in [2.75, 3.05) is 11.9 Å². The Labute approximate surface area is 121 Å². The van der Waals surface area contributed by atoms with E-state index in [2.05, 4.69) is 10.6 Å². The molecular weight excluding hydrogens is 272 g/mol. The third-order valence-electron chi connectivity index (χ3n) is 3.17.